The van der Waals surface area contributed by atoms with Crippen LogP contribution in [-0.4, -0.2) is 39.5 Å². The van der Waals surface area contributed by atoms with Crippen LogP contribution in [0.1, 0.15) is 23.1 Å². The predicted octanol–water partition coefficient (Wildman–Crippen LogP) is 3.03. The maximum atomic E-state index is 12.7. The molecule has 0 N–H and O–H groups in total. The quantitative estimate of drug-likeness (QED) is 0.701. The van der Waals surface area contributed by atoms with Gasteiger partial charge in [-0.3, -0.25) is 0 Å². The second kappa shape index (κ2) is 6.24. The molecule has 0 radical (unpaired) electrons. The van der Waals surface area contributed by atoms with E-state index < -0.39 is 11.7 Å². The zero-order valence-corrected chi connectivity index (χ0v) is 13.9. The van der Waals surface area contributed by atoms with Gasteiger partial charge in [0, 0.05) is 13.1 Å². The molecular weight excluding hydrogens is 347 g/mol. The fourth-order valence-electron chi connectivity index (χ4n) is 3.00. The molecule has 3 aromatic rings. The number of hydrogen-bond acceptors (Lipinski definition) is 5. The normalized spacial score (nSPS) is 18.5. The monoisotopic (exact) mass is 363 g/mol. The highest BCUT2D eigenvalue weighted by molar-refractivity contribution is 5.46. The van der Waals surface area contributed by atoms with Gasteiger partial charge in [0.2, 0.25) is 0 Å². The highest BCUT2D eigenvalue weighted by Crippen LogP contribution is 2.31. The molecule has 1 unspecified atom stereocenters. The van der Waals surface area contributed by atoms with Crippen molar-refractivity contribution in [3.05, 3.63) is 53.3 Å². The number of halogens is 3. The summed E-state index contributed by atoms with van der Waals surface area (Å²) in [5, 5.41) is 12.5. The first-order valence-electron chi connectivity index (χ1n) is 8.14. The second-order valence-corrected chi connectivity index (χ2v) is 6.13. The van der Waals surface area contributed by atoms with Crippen LogP contribution in [0.3, 0.4) is 0 Å². The Morgan fingerprint density at radius 2 is 1.85 bits per heavy atom. The Hall–Kier alpha value is -2.68. The van der Waals surface area contributed by atoms with Gasteiger partial charge in [-0.1, -0.05) is 12.1 Å². The number of aromatic nitrogens is 4. The summed E-state index contributed by atoms with van der Waals surface area (Å²) in [5.74, 6) is 1.44. The molecule has 6 nitrogen and oxygen atoms in total. The van der Waals surface area contributed by atoms with Crippen LogP contribution in [-0.2, 0) is 10.9 Å². The highest BCUT2D eigenvalue weighted by atomic mass is 19.4. The van der Waals surface area contributed by atoms with E-state index in [0.29, 0.717) is 36.7 Å². The predicted molar refractivity (Wildman–Crippen MR) is 87.9 cm³/mol. The highest BCUT2D eigenvalue weighted by Gasteiger charge is 2.31. The second-order valence-electron chi connectivity index (χ2n) is 6.13. The zero-order valence-electron chi connectivity index (χ0n) is 13.9. The first-order chi connectivity index (χ1) is 12.4. The molecule has 2 aromatic heterocycles. The lowest BCUT2D eigenvalue weighted by Crippen LogP contribution is -2.39. The maximum Gasteiger partial charge on any atom is 0.416 e. The van der Waals surface area contributed by atoms with Crippen LogP contribution >= 0.6 is 0 Å². The number of alkyl halides is 3. The minimum absolute atomic E-state index is 0.314. The van der Waals surface area contributed by atoms with Gasteiger partial charge >= 0.3 is 6.18 Å². The third kappa shape index (κ3) is 3.10. The Morgan fingerprint density at radius 1 is 1.08 bits per heavy atom. The largest absolute Gasteiger partial charge is 0.416 e. The number of hydrogen-bond donors (Lipinski definition) is 0. The topological polar surface area (TPSA) is 55.5 Å². The summed E-state index contributed by atoms with van der Waals surface area (Å²) in [4.78, 5) is 2.05. The standard InChI is InChI=1S/C17H16F3N5O/c1-11-21-22-15-6-7-16(23-25(11)15)24-8-9-26-14(10-24)12-2-4-13(5-3-12)17(18,19)20/h2-7,14H,8-10H2,1H3. The minimum atomic E-state index is -4.34. The molecule has 9 heteroatoms. The van der Waals surface area contributed by atoms with E-state index in [1.807, 2.05) is 24.0 Å². The number of anilines is 1. The van der Waals surface area contributed by atoms with Gasteiger partial charge < -0.3 is 9.64 Å². The Bertz CT molecular complexity index is 922. The van der Waals surface area contributed by atoms with Crippen molar-refractivity contribution in [1.29, 1.82) is 0 Å². The summed E-state index contributed by atoms with van der Waals surface area (Å²) in [6.07, 6.45) is -4.65. The third-order valence-electron chi connectivity index (χ3n) is 4.40. The maximum absolute atomic E-state index is 12.7. The number of rotatable bonds is 2. The molecule has 0 saturated carbocycles. The Morgan fingerprint density at radius 3 is 2.58 bits per heavy atom. The van der Waals surface area contributed by atoms with Crippen molar-refractivity contribution >= 4 is 11.5 Å². The minimum Gasteiger partial charge on any atom is -0.370 e. The molecule has 1 aromatic carbocycles. The molecule has 3 heterocycles. The van der Waals surface area contributed by atoms with Crippen LogP contribution < -0.4 is 4.90 Å². The number of ether oxygens (including phenoxy) is 1. The molecule has 1 aliphatic heterocycles. The van der Waals surface area contributed by atoms with Crippen molar-refractivity contribution in [3.63, 3.8) is 0 Å². The van der Waals surface area contributed by atoms with E-state index >= 15 is 0 Å². The van der Waals surface area contributed by atoms with Crippen molar-refractivity contribution in [3.8, 4) is 0 Å². The smallest absolute Gasteiger partial charge is 0.370 e. The molecule has 1 atom stereocenters. The molecule has 0 amide bonds. The molecule has 4 rings (SSSR count). The van der Waals surface area contributed by atoms with Crippen molar-refractivity contribution in [1.82, 2.24) is 19.8 Å². The summed E-state index contributed by atoms with van der Waals surface area (Å²) >= 11 is 0. The van der Waals surface area contributed by atoms with Crippen LogP contribution in [0.15, 0.2) is 36.4 Å². The van der Waals surface area contributed by atoms with E-state index in [9.17, 15) is 13.2 Å². The first-order valence-corrected chi connectivity index (χ1v) is 8.14. The molecule has 1 fully saturated rings. The molecule has 0 spiro atoms. The zero-order chi connectivity index (χ0) is 18.3. The lowest BCUT2D eigenvalue weighted by atomic mass is 10.1. The van der Waals surface area contributed by atoms with E-state index in [4.69, 9.17) is 4.74 Å². The fraction of sp³-hybridized carbons (Fsp3) is 0.353. The number of fused-ring (bicyclic) bond motifs is 1. The summed E-state index contributed by atoms with van der Waals surface area (Å²) in [5.41, 5.74) is 0.715. The first kappa shape index (κ1) is 16.8. The summed E-state index contributed by atoms with van der Waals surface area (Å²) in [6.45, 7) is 3.44. The van der Waals surface area contributed by atoms with Crippen LogP contribution in [0, 0.1) is 6.92 Å². The lowest BCUT2D eigenvalue weighted by molar-refractivity contribution is -0.137. The molecule has 0 bridgehead atoms. The van der Waals surface area contributed by atoms with Crippen LogP contribution in [0.25, 0.3) is 5.65 Å². The van der Waals surface area contributed by atoms with Gasteiger partial charge in [-0.2, -0.15) is 17.7 Å². The Labute approximate surface area is 147 Å². The van der Waals surface area contributed by atoms with E-state index in [0.717, 1.165) is 18.0 Å². The Kier molecular flexibility index (Phi) is 4.03. The van der Waals surface area contributed by atoms with Crippen molar-refractivity contribution in [2.24, 2.45) is 0 Å². The van der Waals surface area contributed by atoms with Crippen molar-refractivity contribution in [2.45, 2.75) is 19.2 Å². The average molecular weight is 363 g/mol. The molecule has 0 aliphatic carbocycles. The molecule has 26 heavy (non-hydrogen) atoms. The van der Waals surface area contributed by atoms with E-state index in [1.54, 1.807) is 4.52 Å². The van der Waals surface area contributed by atoms with Crippen LogP contribution in [0.4, 0.5) is 19.0 Å². The molecule has 1 saturated heterocycles. The van der Waals surface area contributed by atoms with Crippen LogP contribution in [0.5, 0.6) is 0 Å². The molecule has 136 valence electrons. The number of morpholine rings is 1. The van der Waals surface area contributed by atoms with Gasteiger partial charge in [-0.15, -0.1) is 15.3 Å². The van der Waals surface area contributed by atoms with E-state index in [2.05, 4.69) is 15.3 Å². The number of aryl methyl sites for hydroxylation is 1. The average Bonchev–Trinajstić information content (AvgIpc) is 3.02. The third-order valence-corrected chi connectivity index (χ3v) is 4.40. The van der Waals surface area contributed by atoms with E-state index in [-0.39, 0.29) is 6.10 Å². The van der Waals surface area contributed by atoms with Gasteiger partial charge in [-0.05, 0) is 36.8 Å². The fourth-order valence-corrected chi connectivity index (χ4v) is 3.00. The van der Waals surface area contributed by atoms with Gasteiger partial charge in [-0.25, -0.2) is 0 Å². The summed E-state index contributed by atoms with van der Waals surface area (Å²) < 4.78 is 45.6. The summed E-state index contributed by atoms with van der Waals surface area (Å²) in [7, 11) is 0. The van der Waals surface area contributed by atoms with Crippen LogP contribution in [0.2, 0.25) is 0 Å². The summed E-state index contributed by atoms with van der Waals surface area (Å²) in [6, 6.07) is 8.81. The molecular formula is C17H16F3N5O. The van der Waals surface area contributed by atoms with Gasteiger partial charge in [0.15, 0.2) is 11.5 Å². The number of nitrogens with zero attached hydrogens (tertiary/aromatic N) is 5. The van der Waals surface area contributed by atoms with E-state index in [1.165, 1.54) is 12.1 Å². The van der Waals surface area contributed by atoms with Crippen molar-refractivity contribution in [2.75, 3.05) is 24.6 Å². The van der Waals surface area contributed by atoms with Gasteiger partial charge in [0.05, 0.1) is 12.2 Å². The number of benzene rings is 1. The SMILES string of the molecule is Cc1nnc2ccc(N3CCOC(c4ccc(C(F)(F)F)cc4)C3)nn12. The van der Waals surface area contributed by atoms with Crippen molar-refractivity contribution < 1.29 is 17.9 Å². The van der Waals surface area contributed by atoms with Gasteiger partial charge in [0.1, 0.15) is 11.9 Å². The van der Waals surface area contributed by atoms with Gasteiger partial charge in [0.25, 0.3) is 0 Å². The molecule has 1 aliphatic rings. The Balaban J connectivity index is 1.55. The lowest BCUT2D eigenvalue weighted by Gasteiger charge is -2.34.